The minimum absolute atomic E-state index is 0.255. The number of thiophene rings is 1. The second-order valence-electron chi connectivity index (χ2n) is 4.97. The van der Waals surface area contributed by atoms with Gasteiger partial charge in [-0.05, 0) is 42.5 Å². The minimum Gasteiger partial charge on any atom is -0.383 e. The molecule has 0 radical (unpaired) electrons. The predicted molar refractivity (Wildman–Crippen MR) is 81.8 cm³/mol. The van der Waals surface area contributed by atoms with Crippen molar-refractivity contribution in [2.45, 2.75) is 20.0 Å². The van der Waals surface area contributed by atoms with E-state index in [4.69, 9.17) is 0 Å². The molecule has 3 heteroatoms. The van der Waals surface area contributed by atoms with Crippen LogP contribution in [0.15, 0.2) is 42.5 Å². The van der Waals surface area contributed by atoms with Crippen LogP contribution in [0.5, 0.6) is 0 Å². The molecule has 0 fully saturated rings. The van der Waals surface area contributed by atoms with Gasteiger partial charge in [0.05, 0.1) is 0 Å². The lowest BCUT2D eigenvalue weighted by molar-refractivity contribution is 0.225. The summed E-state index contributed by atoms with van der Waals surface area (Å²) in [5.41, 5.74) is 1.93. The Balaban J connectivity index is 2.17. The van der Waals surface area contributed by atoms with Gasteiger partial charge in [0.1, 0.15) is 11.9 Å². The van der Waals surface area contributed by atoms with Crippen molar-refractivity contribution in [1.82, 2.24) is 0 Å². The Hall–Kier alpha value is -1.71. The predicted octanol–water partition coefficient (Wildman–Crippen LogP) is 4.74. The first-order valence-corrected chi connectivity index (χ1v) is 7.31. The van der Waals surface area contributed by atoms with E-state index in [0.29, 0.717) is 5.39 Å². The SMILES string of the molecule is Cc1cc(C(O)c2ccc(F)c3ccccc23)sc1C. The number of benzene rings is 2. The van der Waals surface area contributed by atoms with Gasteiger partial charge in [0.2, 0.25) is 0 Å². The van der Waals surface area contributed by atoms with Crippen molar-refractivity contribution in [2.24, 2.45) is 0 Å². The number of aliphatic hydroxyl groups excluding tert-OH is 1. The Morgan fingerprint density at radius 1 is 1.05 bits per heavy atom. The zero-order valence-corrected chi connectivity index (χ0v) is 12.2. The molecular weight excluding hydrogens is 271 g/mol. The van der Waals surface area contributed by atoms with Gasteiger partial charge in [-0.2, -0.15) is 0 Å². The molecule has 1 atom stereocenters. The highest BCUT2D eigenvalue weighted by atomic mass is 32.1. The molecule has 0 amide bonds. The van der Waals surface area contributed by atoms with E-state index in [1.54, 1.807) is 29.5 Å². The maximum Gasteiger partial charge on any atom is 0.131 e. The second-order valence-corrected chi connectivity index (χ2v) is 6.26. The third-order valence-electron chi connectivity index (χ3n) is 3.65. The molecule has 0 aliphatic carbocycles. The van der Waals surface area contributed by atoms with Gasteiger partial charge in [-0.15, -0.1) is 11.3 Å². The van der Waals surface area contributed by atoms with E-state index in [-0.39, 0.29) is 5.82 Å². The Kier molecular flexibility index (Phi) is 3.32. The normalized spacial score (nSPS) is 12.8. The highest BCUT2D eigenvalue weighted by Crippen LogP contribution is 2.34. The second kappa shape index (κ2) is 5.00. The molecular formula is C17H15FOS. The molecule has 0 spiro atoms. The summed E-state index contributed by atoms with van der Waals surface area (Å²) in [5, 5.41) is 11.9. The maximum absolute atomic E-state index is 13.8. The zero-order chi connectivity index (χ0) is 14.3. The summed E-state index contributed by atoms with van der Waals surface area (Å²) in [6, 6.07) is 12.4. The standard InChI is InChI=1S/C17H15FOS/c1-10-9-16(20-11(10)2)17(19)14-7-8-15(18)13-6-4-3-5-12(13)14/h3-9,17,19H,1-2H3. The van der Waals surface area contributed by atoms with Gasteiger partial charge in [0.25, 0.3) is 0 Å². The summed E-state index contributed by atoms with van der Waals surface area (Å²) >= 11 is 1.59. The van der Waals surface area contributed by atoms with Crippen LogP contribution >= 0.6 is 11.3 Å². The molecule has 1 aromatic heterocycles. The molecule has 0 saturated heterocycles. The quantitative estimate of drug-likeness (QED) is 0.721. The van der Waals surface area contributed by atoms with Crippen molar-refractivity contribution >= 4 is 22.1 Å². The number of aryl methyl sites for hydroxylation is 2. The summed E-state index contributed by atoms with van der Waals surface area (Å²) in [5.74, 6) is -0.255. The summed E-state index contributed by atoms with van der Waals surface area (Å²) in [6.07, 6.45) is -0.710. The smallest absolute Gasteiger partial charge is 0.131 e. The van der Waals surface area contributed by atoms with Crippen molar-refractivity contribution in [3.8, 4) is 0 Å². The van der Waals surface area contributed by atoms with Crippen molar-refractivity contribution in [3.63, 3.8) is 0 Å². The number of hydrogen-bond donors (Lipinski definition) is 1. The van der Waals surface area contributed by atoms with Crippen LogP contribution < -0.4 is 0 Å². The van der Waals surface area contributed by atoms with Crippen LogP contribution in [0.4, 0.5) is 4.39 Å². The van der Waals surface area contributed by atoms with Crippen LogP contribution in [-0.2, 0) is 0 Å². The van der Waals surface area contributed by atoms with Gasteiger partial charge in [0, 0.05) is 15.1 Å². The van der Waals surface area contributed by atoms with E-state index in [2.05, 4.69) is 0 Å². The molecule has 1 unspecified atom stereocenters. The number of rotatable bonds is 2. The van der Waals surface area contributed by atoms with E-state index >= 15 is 0 Å². The first-order chi connectivity index (χ1) is 9.58. The molecule has 1 heterocycles. The van der Waals surface area contributed by atoms with Crippen LogP contribution in [-0.4, -0.2) is 5.11 Å². The summed E-state index contributed by atoms with van der Waals surface area (Å²) < 4.78 is 13.8. The summed E-state index contributed by atoms with van der Waals surface area (Å²) in [4.78, 5) is 2.10. The van der Waals surface area contributed by atoms with Gasteiger partial charge in [-0.3, -0.25) is 0 Å². The van der Waals surface area contributed by atoms with Gasteiger partial charge >= 0.3 is 0 Å². The molecule has 0 saturated carbocycles. The summed E-state index contributed by atoms with van der Waals surface area (Å²) in [6.45, 7) is 4.07. The Bertz CT molecular complexity index is 756. The van der Waals surface area contributed by atoms with E-state index in [0.717, 1.165) is 15.8 Å². The van der Waals surface area contributed by atoms with Crippen molar-refractivity contribution in [1.29, 1.82) is 0 Å². The van der Waals surface area contributed by atoms with Gasteiger partial charge in [-0.1, -0.05) is 30.3 Å². The first kappa shape index (κ1) is 13.3. The van der Waals surface area contributed by atoms with E-state index in [1.807, 2.05) is 32.0 Å². The number of fused-ring (bicyclic) bond motifs is 1. The summed E-state index contributed by atoms with van der Waals surface area (Å²) in [7, 11) is 0. The van der Waals surface area contributed by atoms with Gasteiger partial charge < -0.3 is 5.11 Å². The molecule has 0 bridgehead atoms. The van der Waals surface area contributed by atoms with Crippen LogP contribution in [0.1, 0.15) is 27.0 Å². The largest absolute Gasteiger partial charge is 0.383 e. The fourth-order valence-electron chi connectivity index (χ4n) is 2.41. The average molecular weight is 286 g/mol. The topological polar surface area (TPSA) is 20.2 Å². The molecule has 2 aromatic carbocycles. The number of aliphatic hydroxyl groups is 1. The molecule has 0 aliphatic heterocycles. The van der Waals surface area contributed by atoms with E-state index in [9.17, 15) is 9.50 Å². The third kappa shape index (κ3) is 2.13. The molecule has 1 N–H and O–H groups in total. The first-order valence-electron chi connectivity index (χ1n) is 6.50. The van der Waals surface area contributed by atoms with E-state index < -0.39 is 6.10 Å². The average Bonchev–Trinajstić information content (AvgIpc) is 2.79. The highest BCUT2D eigenvalue weighted by Gasteiger charge is 2.17. The molecule has 0 aliphatic rings. The van der Waals surface area contributed by atoms with Crippen molar-refractivity contribution in [3.05, 3.63) is 69.2 Å². The third-order valence-corrected chi connectivity index (χ3v) is 4.86. The number of hydrogen-bond acceptors (Lipinski definition) is 2. The Labute approximate surface area is 121 Å². The van der Waals surface area contributed by atoms with Crippen molar-refractivity contribution in [2.75, 3.05) is 0 Å². The maximum atomic E-state index is 13.8. The monoisotopic (exact) mass is 286 g/mol. The van der Waals surface area contributed by atoms with Crippen LogP contribution in [0.3, 0.4) is 0 Å². The molecule has 3 aromatic rings. The lowest BCUT2D eigenvalue weighted by atomic mass is 9.99. The van der Waals surface area contributed by atoms with E-state index in [1.165, 1.54) is 16.5 Å². The Morgan fingerprint density at radius 3 is 2.40 bits per heavy atom. The fourth-order valence-corrected chi connectivity index (χ4v) is 3.46. The fraction of sp³-hybridized carbons (Fsp3) is 0.176. The minimum atomic E-state index is -0.710. The van der Waals surface area contributed by atoms with Crippen LogP contribution in [0.25, 0.3) is 10.8 Å². The number of halogens is 1. The highest BCUT2D eigenvalue weighted by molar-refractivity contribution is 7.12. The van der Waals surface area contributed by atoms with Crippen LogP contribution in [0, 0.1) is 19.7 Å². The van der Waals surface area contributed by atoms with Crippen molar-refractivity contribution < 1.29 is 9.50 Å². The lowest BCUT2D eigenvalue weighted by Gasteiger charge is -2.13. The lowest BCUT2D eigenvalue weighted by Crippen LogP contribution is -1.99. The molecule has 102 valence electrons. The van der Waals surface area contributed by atoms with Crippen LogP contribution in [0.2, 0.25) is 0 Å². The van der Waals surface area contributed by atoms with Gasteiger partial charge in [-0.25, -0.2) is 4.39 Å². The van der Waals surface area contributed by atoms with Gasteiger partial charge in [0.15, 0.2) is 0 Å². The zero-order valence-electron chi connectivity index (χ0n) is 11.4. The molecule has 3 rings (SSSR count). The molecule has 1 nitrogen and oxygen atoms in total. The molecule has 20 heavy (non-hydrogen) atoms. The Morgan fingerprint density at radius 2 is 1.75 bits per heavy atom.